The van der Waals surface area contributed by atoms with Gasteiger partial charge in [-0.05, 0) is 6.08 Å². The minimum Gasteiger partial charge on any atom is -0.399 e. The molecule has 0 N–H and O–H groups in total. The molecule has 7 nitrogen and oxygen atoms in total. The Bertz CT molecular complexity index is 959. The van der Waals surface area contributed by atoms with Gasteiger partial charge in [-0.3, -0.25) is 9.36 Å². The Labute approximate surface area is 154 Å². The van der Waals surface area contributed by atoms with E-state index in [-0.39, 0.29) is 38.1 Å². The molecular formula is C15H14ClF4N3O4. The highest BCUT2D eigenvalue weighted by molar-refractivity contribution is 6.46. The van der Waals surface area contributed by atoms with Gasteiger partial charge in [0.2, 0.25) is 0 Å². The van der Waals surface area contributed by atoms with Gasteiger partial charge in [-0.25, -0.2) is 13.8 Å². The van der Waals surface area contributed by atoms with Crippen LogP contribution in [0.4, 0.5) is 17.6 Å². The van der Waals surface area contributed by atoms with Gasteiger partial charge in [-0.2, -0.15) is 13.2 Å². The maximum Gasteiger partial charge on any atom is 0.431 e. The molecule has 1 aromatic rings. The van der Waals surface area contributed by atoms with Crippen molar-refractivity contribution in [2.75, 3.05) is 20.8 Å². The van der Waals surface area contributed by atoms with Gasteiger partial charge in [0.1, 0.15) is 18.5 Å². The summed E-state index contributed by atoms with van der Waals surface area (Å²) in [4.78, 5) is 29.2. The zero-order valence-corrected chi connectivity index (χ0v) is 15.1. The van der Waals surface area contributed by atoms with E-state index in [9.17, 15) is 27.2 Å². The van der Waals surface area contributed by atoms with Gasteiger partial charge in [-0.1, -0.05) is 16.8 Å². The number of hydrogen-bond acceptors (Lipinski definition) is 5. The number of hydrogen-bond donors (Lipinski definition) is 0. The Kier molecular flexibility index (Phi) is 5.95. The third kappa shape index (κ3) is 3.83. The second-order valence-corrected chi connectivity index (χ2v) is 5.78. The first kappa shape index (κ1) is 20.9. The number of halogens is 5. The summed E-state index contributed by atoms with van der Waals surface area (Å²) < 4.78 is 59.2. The van der Waals surface area contributed by atoms with E-state index in [2.05, 4.69) is 9.99 Å². The van der Waals surface area contributed by atoms with E-state index in [1.165, 1.54) is 14.2 Å². The molecule has 1 aromatic heterocycles. The first-order valence-electron chi connectivity index (χ1n) is 7.29. The van der Waals surface area contributed by atoms with Crippen LogP contribution in [0, 0.1) is 0 Å². The van der Waals surface area contributed by atoms with Crippen molar-refractivity contribution in [3.8, 4) is 0 Å². The predicted octanol–water partition coefficient (Wildman–Crippen LogP) is 1.90. The molecule has 1 aliphatic carbocycles. The minimum absolute atomic E-state index is 0.121. The molecule has 1 unspecified atom stereocenters. The Morgan fingerprint density at radius 1 is 1.30 bits per heavy atom. The summed E-state index contributed by atoms with van der Waals surface area (Å²) in [6.07, 6.45) is -6.07. The molecule has 0 aromatic carbocycles. The van der Waals surface area contributed by atoms with E-state index < -0.39 is 35.0 Å². The largest absolute Gasteiger partial charge is 0.431 e. The molecular weight excluding hydrogens is 398 g/mol. The Morgan fingerprint density at radius 3 is 2.44 bits per heavy atom. The summed E-state index contributed by atoms with van der Waals surface area (Å²) in [5.74, 6) is 0. The first-order valence-corrected chi connectivity index (χ1v) is 7.67. The summed E-state index contributed by atoms with van der Waals surface area (Å²) in [5, 5.41) is 3.41. The molecule has 0 radical (unpaired) electrons. The SMILES string of the molecule is COCC1=C(Cl)/C(=N/OC)C=C(n2c(=O)cc(C(F)(F)F)n(C)c2=O)C1F. The molecule has 0 saturated heterocycles. The van der Waals surface area contributed by atoms with Crippen LogP contribution in [0.25, 0.3) is 5.70 Å². The Hall–Kier alpha value is -2.40. The number of methoxy groups -OCH3 is 1. The zero-order valence-electron chi connectivity index (χ0n) is 14.3. The van der Waals surface area contributed by atoms with Crippen LogP contribution < -0.4 is 11.2 Å². The van der Waals surface area contributed by atoms with Crippen molar-refractivity contribution in [1.82, 2.24) is 9.13 Å². The molecule has 1 aliphatic rings. The number of oxime groups is 1. The van der Waals surface area contributed by atoms with Crippen LogP contribution in [0.3, 0.4) is 0 Å². The van der Waals surface area contributed by atoms with Gasteiger partial charge in [-0.15, -0.1) is 0 Å². The molecule has 0 saturated carbocycles. The molecule has 0 bridgehead atoms. The van der Waals surface area contributed by atoms with Crippen molar-refractivity contribution in [1.29, 1.82) is 0 Å². The molecule has 12 heteroatoms. The maximum atomic E-state index is 15.0. The van der Waals surface area contributed by atoms with E-state index >= 15 is 0 Å². The van der Waals surface area contributed by atoms with Crippen molar-refractivity contribution in [3.05, 3.63) is 49.3 Å². The number of nitrogens with zero attached hydrogens (tertiary/aromatic N) is 3. The van der Waals surface area contributed by atoms with Crippen LogP contribution in [0.15, 0.2) is 37.5 Å². The van der Waals surface area contributed by atoms with Crippen molar-refractivity contribution in [2.24, 2.45) is 12.2 Å². The van der Waals surface area contributed by atoms with Gasteiger partial charge in [0.25, 0.3) is 5.56 Å². The van der Waals surface area contributed by atoms with Crippen LogP contribution in [-0.2, 0) is 22.8 Å². The molecule has 0 amide bonds. The molecule has 0 aliphatic heterocycles. The zero-order chi connectivity index (χ0) is 20.5. The van der Waals surface area contributed by atoms with Gasteiger partial charge in [0.15, 0.2) is 6.17 Å². The minimum atomic E-state index is -4.94. The quantitative estimate of drug-likeness (QED) is 0.560. The van der Waals surface area contributed by atoms with Crippen LogP contribution in [0.5, 0.6) is 0 Å². The van der Waals surface area contributed by atoms with E-state index in [0.717, 1.165) is 13.1 Å². The van der Waals surface area contributed by atoms with E-state index in [1.54, 1.807) is 0 Å². The van der Waals surface area contributed by atoms with E-state index in [4.69, 9.17) is 16.3 Å². The van der Waals surface area contributed by atoms with Crippen LogP contribution in [0.1, 0.15) is 5.69 Å². The average molecular weight is 412 g/mol. The molecule has 1 atom stereocenters. The summed E-state index contributed by atoms with van der Waals surface area (Å²) in [6, 6.07) is 0.206. The lowest BCUT2D eigenvalue weighted by Gasteiger charge is -2.24. The standard InChI is InChI=1S/C15H14ClF4N3O4/c1-22-10(15(18,19)20)5-11(24)23(14(22)25)9-4-8(21-27-3)12(16)7(6-26-2)13(9)17/h4-5,13H,6H2,1-3H3/b21-8+. The van der Waals surface area contributed by atoms with E-state index in [0.29, 0.717) is 0 Å². The van der Waals surface area contributed by atoms with Crippen molar-refractivity contribution < 1.29 is 27.1 Å². The number of aromatic nitrogens is 2. The fraction of sp³-hybridized carbons (Fsp3) is 0.400. The van der Waals surface area contributed by atoms with E-state index in [1.807, 2.05) is 0 Å². The monoisotopic (exact) mass is 411 g/mol. The van der Waals surface area contributed by atoms with Gasteiger partial charge >= 0.3 is 11.9 Å². The van der Waals surface area contributed by atoms with Crippen molar-refractivity contribution in [3.63, 3.8) is 0 Å². The third-order valence-corrected chi connectivity index (χ3v) is 4.15. The lowest BCUT2D eigenvalue weighted by atomic mass is 9.99. The highest BCUT2D eigenvalue weighted by atomic mass is 35.5. The number of allylic oxidation sites excluding steroid dienone is 3. The molecule has 148 valence electrons. The maximum absolute atomic E-state index is 15.0. The smallest absolute Gasteiger partial charge is 0.399 e. The fourth-order valence-electron chi connectivity index (χ4n) is 2.50. The van der Waals surface area contributed by atoms with Crippen molar-refractivity contribution >= 4 is 23.0 Å². The van der Waals surface area contributed by atoms with Crippen LogP contribution in [0.2, 0.25) is 0 Å². The Morgan fingerprint density at radius 2 is 1.93 bits per heavy atom. The summed E-state index contributed by atoms with van der Waals surface area (Å²) >= 11 is 6.03. The Balaban J connectivity index is 2.76. The van der Waals surface area contributed by atoms with Crippen LogP contribution in [-0.4, -0.2) is 41.8 Å². The highest BCUT2D eigenvalue weighted by Gasteiger charge is 2.37. The average Bonchev–Trinajstić information content (AvgIpc) is 2.58. The number of rotatable bonds is 4. The topological polar surface area (TPSA) is 74.8 Å². The molecule has 0 fully saturated rings. The summed E-state index contributed by atoms with van der Waals surface area (Å²) in [7, 11) is 3.27. The normalized spacial score (nSPS) is 19.5. The lowest BCUT2D eigenvalue weighted by Crippen LogP contribution is -2.43. The van der Waals surface area contributed by atoms with Crippen molar-refractivity contribution in [2.45, 2.75) is 12.3 Å². The molecule has 2 rings (SSSR count). The first-order chi connectivity index (χ1) is 12.5. The molecule has 0 spiro atoms. The summed E-state index contributed by atoms with van der Waals surface area (Å²) in [5.41, 5.74) is -5.04. The van der Waals surface area contributed by atoms with Gasteiger partial charge in [0.05, 0.1) is 17.3 Å². The highest BCUT2D eigenvalue weighted by Crippen LogP contribution is 2.31. The van der Waals surface area contributed by atoms with Crippen LogP contribution >= 0.6 is 11.6 Å². The lowest BCUT2D eigenvalue weighted by molar-refractivity contribution is -0.144. The van der Waals surface area contributed by atoms with Gasteiger partial charge < -0.3 is 9.57 Å². The number of alkyl halides is 4. The summed E-state index contributed by atoms with van der Waals surface area (Å²) in [6.45, 7) is -0.310. The molecule has 27 heavy (non-hydrogen) atoms. The van der Waals surface area contributed by atoms with Gasteiger partial charge in [0, 0.05) is 25.8 Å². The second-order valence-electron chi connectivity index (χ2n) is 5.41. The fourth-order valence-corrected chi connectivity index (χ4v) is 2.74. The predicted molar refractivity (Wildman–Crippen MR) is 89.3 cm³/mol. The second kappa shape index (κ2) is 7.69. The third-order valence-electron chi connectivity index (χ3n) is 3.72. The number of ether oxygens (including phenoxy) is 1. The molecule has 1 heterocycles.